The standard InChI is InChI=1S/C5H13N3O/c1-8-2-4(6)9-5(7)3-8/h4-5H,2-3,6-7H2,1H3. The summed E-state index contributed by atoms with van der Waals surface area (Å²) >= 11 is 0. The van der Waals surface area contributed by atoms with Gasteiger partial charge in [0.1, 0.15) is 12.5 Å². The van der Waals surface area contributed by atoms with Gasteiger partial charge in [0.2, 0.25) is 0 Å². The van der Waals surface area contributed by atoms with Crippen molar-refractivity contribution < 1.29 is 4.74 Å². The van der Waals surface area contributed by atoms with Gasteiger partial charge in [0.25, 0.3) is 0 Å². The number of hydrogen-bond donors (Lipinski definition) is 2. The Kier molecular flexibility index (Phi) is 2.02. The maximum absolute atomic E-state index is 5.47. The van der Waals surface area contributed by atoms with E-state index in [0.717, 1.165) is 13.1 Å². The third-order valence-electron chi connectivity index (χ3n) is 1.33. The van der Waals surface area contributed by atoms with Crippen LogP contribution in [0.4, 0.5) is 0 Å². The second kappa shape index (κ2) is 2.62. The van der Waals surface area contributed by atoms with Crippen LogP contribution in [0.2, 0.25) is 0 Å². The van der Waals surface area contributed by atoms with Crippen LogP contribution < -0.4 is 11.5 Å². The Morgan fingerprint density at radius 3 is 2.11 bits per heavy atom. The lowest BCUT2D eigenvalue weighted by Crippen LogP contribution is -2.52. The third-order valence-corrected chi connectivity index (χ3v) is 1.33. The largest absolute Gasteiger partial charge is 0.343 e. The summed E-state index contributed by atoms with van der Waals surface area (Å²) < 4.78 is 5.07. The van der Waals surface area contributed by atoms with Crippen molar-refractivity contribution >= 4 is 0 Å². The van der Waals surface area contributed by atoms with Crippen molar-refractivity contribution in [2.24, 2.45) is 11.5 Å². The highest BCUT2D eigenvalue weighted by atomic mass is 16.5. The van der Waals surface area contributed by atoms with Gasteiger partial charge < -0.3 is 16.2 Å². The van der Waals surface area contributed by atoms with Crippen LogP contribution in [0, 0.1) is 0 Å². The van der Waals surface area contributed by atoms with E-state index in [1.165, 1.54) is 0 Å². The second-order valence-electron chi connectivity index (χ2n) is 2.43. The van der Waals surface area contributed by atoms with Crippen LogP contribution >= 0.6 is 0 Å². The molecule has 54 valence electrons. The van der Waals surface area contributed by atoms with Gasteiger partial charge >= 0.3 is 0 Å². The molecular formula is C5H13N3O. The predicted octanol–water partition coefficient (Wildman–Crippen LogP) is -1.48. The number of morpholine rings is 1. The number of ether oxygens (including phenoxy) is 1. The lowest BCUT2D eigenvalue weighted by molar-refractivity contribution is -0.0717. The molecule has 9 heavy (non-hydrogen) atoms. The minimum atomic E-state index is -0.209. The van der Waals surface area contributed by atoms with E-state index in [9.17, 15) is 0 Å². The number of likely N-dealkylation sites (N-methyl/N-ethyl adjacent to an activating group) is 1. The average Bonchev–Trinajstić information content (AvgIpc) is 1.59. The van der Waals surface area contributed by atoms with Crippen LogP contribution in [0.25, 0.3) is 0 Å². The Hall–Kier alpha value is -0.160. The van der Waals surface area contributed by atoms with Crippen LogP contribution in [0.5, 0.6) is 0 Å². The number of nitrogens with zero attached hydrogens (tertiary/aromatic N) is 1. The third kappa shape index (κ3) is 1.91. The smallest absolute Gasteiger partial charge is 0.120 e. The maximum atomic E-state index is 5.47. The molecule has 2 atom stereocenters. The van der Waals surface area contributed by atoms with Crippen molar-refractivity contribution in [2.45, 2.75) is 12.5 Å². The summed E-state index contributed by atoms with van der Waals surface area (Å²) in [5.74, 6) is 0. The number of rotatable bonds is 0. The van der Waals surface area contributed by atoms with Gasteiger partial charge in [-0.1, -0.05) is 0 Å². The Morgan fingerprint density at radius 2 is 1.78 bits per heavy atom. The summed E-state index contributed by atoms with van der Waals surface area (Å²) in [5.41, 5.74) is 10.9. The Balaban J connectivity index is 2.34. The summed E-state index contributed by atoms with van der Waals surface area (Å²) in [4.78, 5) is 2.05. The van der Waals surface area contributed by atoms with Crippen molar-refractivity contribution in [1.29, 1.82) is 0 Å². The highest BCUT2D eigenvalue weighted by molar-refractivity contribution is 4.67. The van der Waals surface area contributed by atoms with E-state index in [2.05, 4.69) is 4.90 Å². The predicted molar refractivity (Wildman–Crippen MR) is 34.5 cm³/mol. The molecule has 0 spiro atoms. The van der Waals surface area contributed by atoms with Gasteiger partial charge in [-0.3, -0.25) is 4.90 Å². The molecule has 1 rings (SSSR count). The van der Waals surface area contributed by atoms with Crippen LogP contribution in [0.15, 0.2) is 0 Å². The molecule has 1 aliphatic heterocycles. The number of nitrogens with two attached hydrogens (primary N) is 2. The zero-order valence-corrected chi connectivity index (χ0v) is 5.58. The summed E-state index contributed by atoms with van der Waals surface area (Å²) in [6, 6.07) is 0. The van der Waals surface area contributed by atoms with E-state index in [-0.39, 0.29) is 12.5 Å². The van der Waals surface area contributed by atoms with E-state index >= 15 is 0 Å². The summed E-state index contributed by atoms with van der Waals surface area (Å²) in [5, 5.41) is 0. The molecule has 0 aromatic rings. The maximum Gasteiger partial charge on any atom is 0.120 e. The molecule has 4 N–H and O–H groups in total. The van der Waals surface area contributed by atoms with Gasteiger partial charge in [-0.05, 0) is 7.05 Å². The molecule has 4 nitrogen and oxygen atoms in total. The first-order valence-electron chi connectivity index (χ1n) is 3.03. The topological polar surface area (TPSA) is 64.5 Å². The van der Waals surface area contributed by atoms with E-state index in [1.54, 1.807) is 0 Å². The molecule has 0 aliphatic carbocycles. The zero-order chi connectivity index (χ0) is 6.85. The highest BCUT2D eigenvalue weighted by Crippen LogP contribution is 2.00. The SMILES string of the molecule is CN1CC(N)OC(N)C1. The van der Waals surface area contributed by atoms with E-state index in [0.29, 0.717) is 0 Å². The van der Waals surface area contributed by atoms with Crippen molar-refractivity contribution in [3.05, 3.63) is 0 Å². The Morgan fingerprint density at radius 1 is 1.33 bits per heavy atom. The molecule has 1 fully saturated rings. The summed E-state index contributed by atoms with van der Waals surface area (Å²) in [6.07, 6.45) is -0.419. The van der Waals surface area contributed by atoms with Gasteiger partial charge in [-0.25, -0.2) is 0 Å². The van der Waals surface area contributed by atoms with Gasteiger partial charge in [0.15, 0.2) is 0 Å². The minimum Gasteiger partial charge on any atom is -0.343 e. The van der Waals surface area contributed by atoms with Crippen LogP contribution in [-0.2, 0) is 4.74 Å². The first-order chi connectivity index (χ1) is 4.18. The fraction of sp³-hybridized carbons (Fsp3) is 1.00. The molecule has 1 saturated heterocycles. The molecule has 0 aromatic heterocycles. The average molecular weight is 131 g/mol. The van der Waals surface area contributed by atoms with Crippen LogP contribution in [0.3, 0.4) is 0 Å². The zero-order valence-electron chi connectivity index (χ0n) is 5.58. The monoisotopic (exact) mass is 131 g/mol. The van der Waals surface area contributed by atoms with E-state index in [4.69, 9.17) is 16.2 Å². The molecule has 0 radical (unpaired) electrons. The minimum absolute atomic E-state index is 0.209. The molecule has 0 saturated carbocycles. The Labute approximate surface area is 54.7 Å². The molecule has 2 unspecified atom stereocenters. The van der Waals surface area contributed by atoms with Crippen molar-refractivity contribution in [2.75, 3.05) is 20.1 Å². The van der Waals surface area contributed by atoms with Gasteiger partial charge in [-0.15, -0.1) is 0 Å². The molecule has 0 aromatic carbocycles. The van der Waals surface area contributed by atoms with E-state index in [1.807, 2.05) is 7.05 Å². The first kappa shape index (κ1) is 6.95. The quantitative estimate of drug-likeness (QED) is 0.421. The first-order valence-corrected chi connectivity index (χ1v) is 3.03. The molecule has 1 aliphatic rings. The lowest BCUT2D eigenvalue weighted by atomic mass is 10.4. The van der Waals surface area contributed by atoms with Gasteiger partial charge in [0.05, 0.1) is 0 Å². The summed E-state index contributed by atoms with van der Waals surface area (Å²) in [7, 11) is 1.97. The molecule has 1 heterocycles. The van der Waals surface area contributed by atoms with Gasteiger partial charge in [-0.2, -0.15) is 0 Å². The van der Waals surface area contributed by atoms with Crippen LogP contribution in [0.1, 0.15) is 0 Å². The fourth-order valence-corrected chi connectivity index (χ4v) is 0.999. The van der Waals surface area contributed by atoms with Crippen LogP contribution in [-0.4, -0.2) is 37.5 Å². The van der Waals surface area contributed by atoms with E-state index < -0.39 is 0 Å². The number of hydrogen-bond acceptors (Lipinski definition) is 4. The normalized spacial score (nSPS) is 39.0. The molecule has 0 bridgehead atoms. The second-order valence-corrected chi connectivity index (χ2v) is 2.43. The lowest BCUT2D eigenvalue weighted by Gasteiger charge is -2.31. The molecule has 4 heteroatoms. The molecular weight excluding hydrogens is 118 g/mol. The summed E-state index contributed by atoms with van der Waals surface area (Å²) in [6.45, 7) is 1.54. The van der Waals surface area contributed by atoms with Crippen molar-refractivity contribution in [1.82, 2.24) is 4.90 Å². The fourth-order valence-electron chi connectivity index (χ4n) is 0.999. The van der Waals surface area contributed by atoms with Crippen molar-refractivity contribution in [3.8, 4) is 0 Å². The van der Waals surface area contributed by atoms with Crippen molar-refractivity contribution in [3.63, 3.8) is 0 Å². The van der Waals surface area contributed by atoms with Gasteiger partial charge in [0, 0.05) is 13.1 Å². The highest BCUT2D eigenvalue weighted by Gasteiger charge is 2.19. The molecule has 0 amide bonds. The Bertz CT molecular complexity index is 73.2.